The quantitative estimate of drug-likeness (QED) is 0.838. The van der Waals surface area contributed by atoms with E-state index in [2.05, 4.69) is 10.6 Å². The van der Waals surface area contributed by atoms with Crippen LogP contribution in [0.1, 0.15) is 17.2 Å². The highest BCUT2D eigenvalue weighted by Crippen LogP contribution is 2.32. The number of carbonyl (C=O) groups excluding carboxylic acids is 1. The summed E-state index contributed by atoms with van der Waals surface area (Å²) in [5, 5.41) is 6.81. The Morgan fingerprint density at radius 3 is 2.68 bits per heavy atom. The molecule has 2 aromatic carbocycles. The SMILES string of the molecule is O=C1CNC(c2ccccc2)c2cc(Cl)ccc2N1. The van der Waals surface area contributed by atoms with Gasteiger partial charge in [0.25, 0.3) is 0 Å². The molecule has 1 unspecified atom stereocenters. The van der Waals surface area contributed by atoms with Crippen LogP contribution in [-0.4, -0.2) is 12.5 Å². The molecule has 3 nitrogen and oxygen atoms in total. The minimum atomic E-state index is -0.0398. The van der Waals surface area contributed by atoms with E-state index in [1.807, 2.05) is 42.5 Å². The smallest absolute Gasteiger partial charge is 0.238 e. The van der Waals surface area contributed by atoms with Crippen LogP contribution in [0.4, 0.5) is 5.69 Å². The van der Waals surface area contributed by atoms with Gasteiger partial charge in [0, 0.05) is 10.7 Å². The van der Waals surface area contributed by atoms with Crippen LogP contribution in [0.3, 0.4) is 0 Å². The van der Waals surface area contributed by atoms with Gasteiger partial charge in [-0.25, -0.2) is 0 Å². The lowest BCUT2D eigenvalue weighted by atomic mass is 9.97. The predicted octanol–water partition coefficient (Wildman–Crippen LogP) is 2.97. The van der Waals surface area contributed by atoms with Gasteiger partial charge in [-0.15, -0.1) is 0 Å². The number of carbonyl (C=O) groups is 1. The number of amides is 1. The van der Waals surface area contributed by atoms with Crippen molar-refractivity contribution in [1.29, 1.82) is 0 Å². The van der Waals surface area contributed by atoms with E-state index < -0.39 is 0 Å². The van der Waals surface area contributed by atoms with Gasteiger partial charge in [0.05, 0.1) is 12.6 Å². The monoisotopic (exact) mass is 272 g/mol. The Morgan fingerprint density at radius 2 is 1.89 bits per heavy atom. The van der Waals surface area contributed by atoms with E-state index in [-0.39, 0.29) is 18.5 Å². The molecule has 0 fully saturated rings. The highest BCUT2D eigenvalue weighted by Gasteiger charge is 2.22. The minimum absolute atomic E-state index is 0.0335. The minimum Gasteiger partial charge on any atom is -0.325 e. The van der Waals surface area contributed by atoms with E-state index in [1.165, 1.54) is 0 Å². The number of hydrogen-bond acceptors (Lipinski definition) is 2. The topological polar surface area (TPSA) is 41.1 Å². The molecule has 19 heavy (non-hydrogen) atoms. The molecule has 1 atom stereocenters. The Hall–Kier alpha value is -1.84. The number of rotatable bonds is 1. The molecule has 0 aromatic heterocycles. The van der Waals surface area contributed by atoms with Gasteiger partial charge in [-0.3, -0.25) is 10.1 Å². The lowest BCUT2D eigenvalue weighted by molar-refractivity contribution is -0.115. The second-order valence-electron chi connectivity index (χ2n) is 4.50. The number of anilines is 1. The molecule has 0 aliphatic carbocycles. The summed E-state index contributed by atoms with van der Waals surface area (Å²) in [6.45, 7) is 0.284. The molecule has 1 heterocycles. The second-order valence-corrected chi connectivity index (χ2v) is 4.94. The molecular weight excluding hydrogens is 260 g/mol. The lowest BCUT2D eigenvalue weighted by Gasteiger charge is -2.18. The zero-order valence-corrected chi connectivity index (χ0v) is 10.9. The van der Waals surface area contributed by atoms with Crippen molar-refractivity contribution >= 4 is 23.2 Å². The largest absolute Gasteiger partial charge is 0.325 e. The van der Waals surface area contributed by atoms with Crippen molar-refractivity contribution in [3.8, 4) is 0 Å². The number of halogens is 1. The second kappa shape index (κ2) is 5.03. The van der Waals surface area contributed by atoms with E-state index in [1.54, 1.807) is 6.07 Å². The Labute approximate surface area is 116 Å². The van der Waals surface area contributed by atoms with E-state index in [9.17, 15) is 4.79 Å². The average Bonchev–Trinajstić information content (AvgIpc) is 2.58. The molecule has 0 saturated carbocycles. The van der Waals surface area contributed by atoms with Crippen molar-refractivity contribution < 1.29 is 4.79 Å². The Balaban J connectivity index is 2.11. The van der Waals surface area contributed by atoms with Crippen molar-refractivity contribution in [2.75, 3.05) is 11.9 Å². The summed E-state index contributed by atoms with van der Waals surface area (Å²) in [7, 11) is 0. The van der Waals surface area contributed by atoms with Gasteiger partial charge < -0.3 is 5.32 Å². The molecule has 96 valence electrons. The summed E-state index contributed by atoms with van der Waals surface area (Å²) in [6, 6.07) is 15.5. The Kier molecular flexibility index (Phi) is 3.23. The molecule has 3 rings (SSSR count). The number of benzene rings is 2. The first-order valence-corrected chi connectivity index (χ1v) is 6.49. The van der Waals surface area contributed by atoms with Gasteiger partial charge in [0.2, 0.25) is 5.91 Å². The van der Waals surface area contributed by atoms with E-state index in [0.29, 0.717) is 5.02 Å². The molecule has 0 bridgehead atoms. The van der Waals surface area contributed by atoms with Crippen molar-refractivity contribution in [3.05, 3.63) is 64.7 Å². The van der Waals surface area contributed by atoms with Crippen molar-refractivity contribution in [2.45, 2.75) is 6.04 Å². The third kappa shape index (κ3) is 2.48. The molecule has 4 heteroatoms. The molecule has 2 N–H and O–H groups in total. The Morgan fingerprint density at radius 1 is 1.11 bits per heavy atom. The van der Waals surface area contributed by atoms with E-state index >= 15 is 0 Å². The number of hydrogen-bond donors (Lipinski definition) is 2. The molecule has 0 spiro atoms. The maximum atomic E-state index is 11.7. The molecule has 0 saturated heterocycles. The van der Waals surface area contributed by atoms with Crippen LogP contribution in [0, 0.1) is 0 Å². The van der Waals surface area contributed by atoms with Gasteiger partial charge in [-0.1, -0.05) is 41.9 Å². The summed E-state index contributed by atoms with van der Waals surface area (Å²) in [4.78, 5) is 11.7. The highest BCUT2D eigenvalue weighted by atomic mass is 35.5. The standard InChI is InChI=1S/C15H13ClN2O/c16-11-6-7-13-12(8-11)15(17-9-14(19)18-13)10-4-2-1-3-5-10/h1-8,15,17H,9H2,(H,18,19). The summed E-state index contributed by atoms with van der Waals surface area (Å²) >= 11 is 6.08. The maximum absolute atomic E-state index is 11.7. The van der Waals surface area contributed by atoms with Gasteiger partial charge >= 0.3 is 0 Å². The van der Waals surface area contributed by atoms with Gasteiger partial charge in [0.15, 0.2) is 0 Å². The molecular formula is C15H13ClN2O. The first kappa shape index (κ1) is 12.2. The fourth-order valence-electron chi connectivity index (χ4n) is 2.33. The van der Waals surface area contributed by atoms with Crippen LogP contribution in [0.5, 0.6) is 0 Å². The molecule has 2 aromatic rings. The van der Waals surface area contributed by atoms with Crippen LogP contribution >= 0.6 is 11.6 Å². The van der Waals surface area contributed by atoms with Gasteiger partial charge in [-0.05, 0) is 29.3 Å². The summed E-state index contributed by atoms with van der Waals surface area (Å²) < 4.78 is 0. The highest BCUT2D eigenvalue weighted by molar-refractivity contribution is 6.30. The average molecular weight is 273 g/mol. The molecule has 1 aliphatic rings. The fourth-order valence-corrected chi connectivity index (χ4v) is 2.51. The zero-order valence-electron chi connectivity index (χ0n) is 10.2. The third-order valence-electron chi connectivity index (χ3n) is 3.20. The molecule has 1 amide bonds. The van der Waals surface area contributed by atoms with Crippen LogP contribution in [0.25, 0.3) is 0 Å². The Bertz CT molecular complexity index is 613. The molecule has 1 aliphatic heterocycles. The third-order valence-corrected chi connectivity index (χ3v) is 3.43. The van der Waals surface area contributed by atoms with Crippen molar-refractivity contribution in [2.24, 2.45) is 0 Å². The number of nitrogens with one attached hydrogen (secondary N) is 2. The van der Waals surface area contributed by atoms with Crippen LogP contribution < -0.4 is 10.6 Å². The summed E-state index contributed by atoms with van der Waals surface area (Å²) in [5.74, 6) is -0.0398. The van der Waals surface area contributed by atoms with Crippen molar-refractivity contribution in [1.82, 2.24) is 5.32 Å². The summed E-state index contributed by atoms with van der Waals surface area (Å²) in [6.07, 6.45) is 0. The number of fused-ring (bicyclic) bond motifs is 1. The predicted molar refractivity (Wildman–Crippen MR) is 76.4 cm³/mol. The van der Waals surface area contributed by atoms with Gasteiger partial charge in [-0.2, -0.15) is 0 Å². The van der Waals surface area contributed by atoms with E-state index in [0.717, 1.165) is 16.8 Å². The van der Waals surface area contributed by atoms with Gasteiger partial charge in [0.1, 0.15) is 0 Å². The first-order chi connectivity index (χ1) is 9.24. The fraction of sp³-hybridized carbons (Fsp3) is 0.133. The normalized spacial score (nSPS) is 18.4. The van der Waals surface area contributed by atoms with Crippen molar-refractivity contribution in [3.63, 3.8) is 0 Å². The summed E-state index contributed by atoms with van der Waals surface area (Å²) in [5.41, 5.74) is 2.92. The van der Waals surface area contributed by atoms with Crippen LogP contribution in [0.15, 0.2) is 48.5 Å². The van der Waals surface area contributed by atoms with E-state index in [4.69, 9.17) is 11.6 Å². The van der Waals surface area contributed by atoms with Crippen LogP contribution in [0.2, 0.25) is 5.02 Å². The molecule has 0 radical (unpaired) electrons. The van der Waals surface area contributed by atoms with Crippen LogP contribution in [-0.2, 0) is 4.79 Å². The lowest BCUT2D eigenvalue weighted by Crippen LogP contribution is -2.27. The maximum Gasteiger partial charge on any atom is 0.238 e. The first-order valence-electron chi connectivity index (χ1n) is 6.11. The zero-order chi connectivity index (χ0) is 13.2.